The molecule has 1 saturated carbocycles. The van der Waals surface area contributed by atoms with Crippen LogP contribution in [0.3, 0.4) is 0 Å². The third kappa shape index (κ3) is 3.51. The SMILES string of the molecule is CCNC(=O)[C@H]1CCCC(C(C)(C)C)C1. The van der Waals surface area contributed by atoms with E-state index in [1.807, 2.05) is 6.92 Å². The fourth-order valence-corrected chi connectivity index (χ4v) is 2.53. The van der Waals surface area contributed by atoms with Crippen LogP contribution in [0.25, 0.3) is 0 Å². The smallest absolute Gasteiger partial charge is 0.223 e. The Morgan fingerprint density at radius 1 is 1.33 bits per heavy atom. The Morgan fingerprint density at radius 2 is 2.00 bits per heavy atom. The van der Waals surface area contributed by atoms with E-state index in [1.54, 1.807) is 0 Å². The minimum Gasteiger partial charge on any atom is -0.356 e. The van der Waals surface area contributed by atoms with Crippen LogP contribution in [-0.4, -0.2) is 12.5 Å². The number of rotatable bonds is 2. The lowest BCUT2D eigenvalue weighted by atomic mass is 9.69. The van der Waals surface area contributed by atoms with Crippen LogP contribution in [0.15, 0.2) is 0 Å². The second-order valence-corrected chi connectivity index (χ2v) is 5.82. The van der Waals surface area contributed by atoms with Crippen molar-refractivity contribution in [1.82, 2.24) is 5.32 Å². The molecule has 0 aromatic carbocycles. The predicted molar refractivity (Wildman–Crippen MR) is 63.6 cm³/mol. The Hall–Kier alpha value is -0.530. The van der Waals surface area contributed by atoms with Crippen molar-refractivity contribution in [3.63, 3.8) is 0 Å². The van der Waals surface area contributed by atoms with Gasteiger partial charge in [-0.3, -0.25) is 4.79 Å². The van der Waals surface area contributed by atoms with Crippen LogP contribution in [0.5, 0.6) is 0 Å². The second-order valence-electron chi connectivity index (χ2n) is 5.82. The summed E-state index contributed by atoms with van der Waals surface area (Å²) in [5.41, 5.74) is 0.352. The van der Waals surface area contributed by atoms with Crippen molar-refractivity contribution in [3.8, 4) is 0 Å². The molecule has 88 valence electrons. The Morgan fingerprint density at radius 3 is 2.53 bits per heavy atom. The molecule has 2 atom stereocenters. The molecule has 0 heterocycles. The van der Waals surface area contributed by atoms with E-state index in [0.717, 1.165) is 19.4 Å². The molecule has 1 aliphatic carbocycles. The van der Waals surface area contributed by atoms with Crippen LogP contribution in [0, 0.1) is 17.3 Å². The normalized spacial score (nSPS) is 27.5. The van der Waals surface area contributed by atoms with Crippen molar-refractivity contribution in [3.05, 3.63) is 0 Å². The molecule has 0 spiro atoms. The zero-order chi connectivity index (χ0) is 11.5. The van der Waals surface area contributed by atoms with Crippen molar-refractivity contribution < 1.29 is 4.79 Å². The summed E-state index contributed by atoms with van der Waals surface area (Å²) in [7, 11) is 0. The lowest BCUT2D eigenvalue weighted by molar-refractivity contribution is -0.126. The molecule has 1 rings (SSSR count). The van der Waals surface area contributed by atoms with Gasteiger partial charge in [-0.15, -0.1) is 0 Å². The molecule has 1 amide bonds. The van der Waals surface area contributed by atoms with E-state index in [-0.39, 0.29) is 11.8 Å². The van der Waals surface area contributed by atoms with E-state index in [2.05, 4.69) is 26.1 Å². The first-order valence-corrected chi connectivity index (χ1v) is 6.23. The Labute approximate surface area is 93.8 Å². The van der Waals surface area contributed by atoms with Crippen LogP contribution >= 0.6 is 0 Å². The summed E-state index contributed by atoms with van der Waals surface area (Å²) in [5.74, 6) is 1.24. The quantitative estimate of drug-likeness (QED) is 0.747. The van der Waals surface area contributed by atoms with Gasteiger partial charge in [0.15, 0.2) is 0 Å². The Kier molecular flexibility index (Phi) is 4.18. The van der Waals surface area contributed by atoms with E-state index >= 15 is 0 Å². The first-order valence-electron chi connectivity index (χ1n) is 6.23. The lowest BCUT2D eigenvalue weighted by Gasteiger charge is -2.37. The fraction of sp³-hybridized carbons (Fsp3) is 0.923. The molecule has 0 saturated heterocycles. The highest BCUT2D eigenvalue weighted by Gasteiger charge is 2.33. The van der Waals surface area contributed by atoms with Crippen LogP contribution in [0.4, 0.5) is 0 Å². The highest BCUT2D eigenvalue weighted by atomic mass is 16.1. The first kappa shape index (κ1) is 12.5. The maximum Gasteiger partial charge on any atom is 0.223 e. The summed E-state index contributed by atoms with van der Waals surface area (Å²) >= 11 is 0. The van der Waals surface area contributed by atoms with Crippen LogP contribution in [0.2, 0.25) is 0 Å². The van der Waals surface area contributed by atoms with Gasteiger partial charge in [0.2, 0.25) is 5.91 Å². The Bertz CT molecular complexity index is 217. The van der Waals surface area contributed by atoms with E-state index in [0.29, 0.717) is 11.3 Å². The zero-order valence-electron chi connectivity index (χ0n) is 10.6. The number of hydrogen-bond donors (Lipinski definition) is 1. The number of nitrogens with one attached hydrogen (secondary N) is 1. The minimum atomic E-state index is 0.267. The van der Waals surface area contributed by atoms with Gasteiger partial charge in [0.05, 0.1) is 0 Å². The van der Waals surface area contributed by atoms with Gasteiger partial charge in [0.1, 0.15) is 0 Å². The molecule has 0 aromatic heterocycles. The monoisotopic (exact) mass is 211 g/mol. The van der Waals surface area contributed by atoms with Crippen LogP contribution < -0.4 is 5.32 Å². The zero-order valence-corrected chi connectivity index (χ0v) is 10.6. The van der Waals surface area contributed by atoms with Crippen molar-refractivity contribution >= 4 is 5.91 Å². The van der Waals surface area contributed by atoms with Crippen LogP contribution in [0.1, 0.15) is 53.4 Å². The van der Waals surface area contributed by atoms with Gasteiger partial charge < -0.3 is 5.32 Å². The number of amides is 1. The van der Waals surface area contributed by atoms with Gasteiger partial charge in [-0.05, 0) is 37.5 Å². The molecule has 0 bridgehead atoms. The van der Waals surface area contributed by atoms with Gasteiger partial charge in [-0.1, -0.05) is 27.2 Å². The predicted octanol–water partition coefficient (Wildman–Crippen LogP) is 2.98. The first-order chi connectivity index (χ1) is 6.95. The van der Waals surface area contributed by atoms with Crippen molar-refractivity contribution in [2.24, 2.45) is 17.3 Å². The topological polar surface area (TPSA) is 29.1 Å². The molecule has 0 radical (unpaired) electrons. The maximum atomic E-state index is 11.8. The summed E-state index contributed by atoms with van der Waals surface area (Å²) in [6, 6.07) is 0. The highest BCUT2D eigenvalue weighted by Crippen LogP contribution is 2.40. The summed E-state index contributed by atoms with van der Waals surface area (Å²) in [6.45, 7) is 9.62. The van der Waals surface area contributed by atoms with Gasteiger partial charge in [0, 0.05) is 12.5 Å². The van der Waals surface area contributed by atoms with Gasteiger partial charge in [-0.2, -0.15) is 0 Å². The highest BCUT2D eigenvalue weighted by molar-refractivity contribution is 5.78. The molecular weight excluding hydrogens is 186 g/mol. The molecule has 1 fully saturated rings. The van der Waals surface area contributed by atoms with Gasteiger partial charge >= 0.3 is 0 Å². The number of carbonyl (C=O) groups excluding carboxylic acids is 1. The van der Waals surface area contributed by atoms with Crippen LogP contribution in [-0.2, 0) is 4.79 Å². The molecule has 1 unspecified atom stereocenters. The summed E-state index contributed by atoms with van der Waals surface area (Å²) in [4.78, 5) is 11.8. The molecule has 0 aromatic rings. The third-order valence-corrected chi connectivity index (χ3v) is 3.62. The molecular formula is C13H25NO. The lowest BCUT2D eigenvalue weighted by Crippen LogP contribution is -2.36. The third-order valence-electron chi connectivity index (χ3n) is 3.62. The largest absolute Gasteiger partial charge is 0.356 e. The van der Waals surface area contributed by atoms with Gasteiger partial charge in [0.25, 0.3) is 0 Å². The fourth-order valence-electron chi connectivity index (χ4n) is 2.53. The molecule has 0 aliphatic heterocycles. The molecule has 15 heavy (non-hydrogen) atoms. The summed E-state index contributed by atoms with van der Waals surface area (Å²) in [6.07, 6.45) is 4.66. The van der Waals surface area contributed by atoms with Crippen molar-refractivity contribution in [1.29, 1.82) is 0 Å². The number of carbonyl (C=O) groups is 1. The average molecular weight is 211 g/mol. The molecule has 2 heteroatoms. The average Bonchev–Trinajstić information content (AvgIpc) is 2.17. The summed E-state index contributed by atoms with van der Waals surface area (Å²) < 4.78 is 0. The van der Waals surface area contributed by atoms with Gasteiger partial charge in [-0.25, -0.2) is 0 Å². The van der Waals surface area contributed by atoms with Crippen molar-refractivity contribution in [2.75, 3.05) is 6.54 Å². The standard InChI is InChI=1S/C13H25NO/c1-5-14-12(15)10-7-6-8-11(9-10)13(2,3)4/h10-11H,5-9H2,1-4H3,(H,14,15)/t10-,11?/m0/s1. The van der Waals surface area contributed by atoms with E-state index in [1.165, 1.54) is 12.8 Å². The van der Waals surface area contributed by atoms with Crippen molar-refractivity contribution in [2.45, 2.75) is 53.4 Å². The summed E-state index contributed by atoms with van der Waals surface area (Å²) in [5, 5.41) is 2.95. The molecule has 1 N–H and O–H groups in total. The number of hydrogen-bond acceptors (Lipinski definition) is 1. The molecule has 1 aliphatic rings. The Balaban J connectivity index is 2.52. The maximum absolute atomic E-state index is 11.8. The van der Waals surface area contributed by atoms with E-state index in [9.17, 15) is 4.79 Å². The van der Waals surface area contributed by atoms with E-state index in [4.69, 9.17) is 0 Å². The van der Waals surface area contributed by atoms with E-state index < -0.39 is 0 Å². The second kappa shape index (κ2) is 5.00. The molecule has 2 nitrogen and oxygen atoms in total. The minimum absolute atomic E-state index is 0.267.